The Labute approximate surface area is 254 Å². The number of para-hydroxylation sites is 1. The summed E-state index contributed by atoms with van der Waals surface area (Å²) in [5.41, 5.74) is 1.90. The number of nitrogens with one attached hydrogen (secondary N) is 1. The van der Waals surface area contributed by atoms with Crippen LogP contribution in [0.4, 0.5) is 5.69 Å². The minimum absolute atomic E-state index is 0.0386. The zero-order valence-electron chi connectivity index (χ0n) is 24.2. The highest BCUT2D eigenvalue weighted by molar-refractivity contribution is 7.90. The largest absolute Gasteiger partial charge is 0.352 e. The summed E-state index contributed by atoms with van der Waals surface area (Å²) < 4.78 is 29.0. The van der Waals surface area contributed by atoms with Crippen LogP contribution in [0, 0.1) is 0 Å². The van der Waals surface area contributed by atoms with Crippen LogP contribution in [0.3, 0.4) is 0 Å². The van der Waals surface area contributed by atoms with E-state index in [1.54, 1.807) is 42.5 Å². The van der Waals surface area contributed by atoms with E-state index >= 15 is 0 Å². The lowest BCUT2D eigenvalue weighted by atomic mass is 9.94. The third-order valence-electron chi connectivity index (χ3n) is 7.58. The maximum absolute atomic E-state index is 14.3. The molecule has 0 aliphatic heterocycles. The van der Waals surface area contributed by atoms with Crippen molar-refractivity contribution < 1.29 is 18.0 Å². The summed E-state index contributed by atoms with van der Waals surface area (Å²) in [6.07, 6.45) is 5.29. The van der Waals surface area contributed by atoms with Crippen LogP contribution in [-0.2, 0) is 32.8 Å². The lowest BCUT2D eigenvalue weighted by Crippen LogP contribution is -2.55. The van der Waals surface area contributed by atoms with E-state index in [2.05, 4.69) is 5.32 Å². The number of hydrogen-bond donors (Lipinski definition) is 1. The number of hydrogen-bond acceptors (Lipinski definition) is 4. The smallest absolute Gasteiger partial charge is 0.304 e. The molecule has 1 atom stereocenters. The number of halogens is 1. The number of benzene rings is 3. The molecule has 1 fully saturated rings. The topological polar surface area (TPSA) is 90.0 Å². The van der Waals surface area contributed by atoms with Crippen molar-refractivity contribution in [1.29, 1.82) is 0 Å². The molecule has 0 saturated heterocycles. The first-order valence-corrected chi connectivity index (χ1v) is 16.1. The van der Waals surface area contributed by atoms with Gasteiger partial charge in [-0.2, -0.15) is 12.7 Å². The van der Waals surface area contributed by atoms with E-state index in [1.165, 1.54) is 19.0 Å². The normalized spacial score (nSPS) is 14.8. The molecule has 1 unspecified atom stereocenters. The Bertz CT molecular complexity index is 1430. The maximum atomic E-state index is 14.3. The van der Waals surface area contributed by atoms with E-state index in [1.807, 2.05) is 42.5 Å². The SMILES string of the molecule is CN(C)S(=O)(=O)N(CC(=O)N(Cc1ccccc1Cl)C(Cc1ccccc1)C(=O)NC1CCCCC1)c1ccccc1. The fraction of sp³-hybridized carbons (Fsp3) is 0.375. The summed E-state index contributed by atoms with van der Waals surface area (Å²) in [4.78, 5) is 29.8. The molecule has 3 aromatic rings. The molecule has 224 valence electrons. The monoisotopic (exact) mass is 610 g/mol. The molecule has 0 bridgehead atoms. The van der Waals surface area contributed by atoms with Crippen LogP contribution in [0.1, 0.15) is 43.2 Å². The zero-order valence-corrected chi connectivity index (χ0v) is 25.7. The van der Waals surface area contributed by atoms with Gasteiger partial charge in [-0.3, -0.25) is 9.59 Å². The maximum Gasteiger partial charge on any atom is 0.304 e. The molecule has 8 nitrogen and oxygen atoms in total. The first-order chi connectivity index (χ1) is 20.2. The Morgan fingerprint density at radius 1 is 0.881 bits per heavy atom. The number of nitrogens with zero attached hydrogens (tertiary/aromatic N) is 3. The van der Waals surface area contributed by atoms with Gasteiger partial charge in [0.15, 0.2) is 0 Å². The van der Waals surface area contributed by atoms with Gasteiger partial charge in [0.25, 0.3) is 0 Å². The highest BCUT2D eigenvalue weighted by atomic mass is 35.5. The van der Waals surface area contributed by atoms with E-state index in [4.69, 9.17) is 11.6 Å². The van der Waals surface area contributed by atoms with Gasteiger partial charge in [-0.15, -0.1) is 0 Å². The second-order valence-corrected chi connectivity index (χ2v) is 13.3. The molecule has 1 saturated carbocycles. The Balaban J connectivity index is 1.75. The minimum atomic E-state index is -4.04. The molecule has 1 N–H and O–H groups in total. The van der Waals surface area contributed by atoms with Crippen LogP contribution in [-0.4, -0.2) is 62.2 Å². The van der Waals surface area contributed by atoms with Crippen LogP contribution in [0.5, 0.6) is 0 Å². The molecule has 1 aliphatic rings. The Morgan fingerprint density at radius 2 is 1.48 bits per heavy atom. The van der Waals surface area contributed by atoms with Gasteiger partial charge in [0.2, 0.25) is 11.8 Å². The molecule has 3 aromatic carbocycles. The van der Waals surface area contributed by atoms with Crippen LogP contribution >= 0.6 is 11.6 Å². The first-order valence-electron chi connectivity index (χ1n) is 14.3. The molecule has 2 amide bonds. The lowest BCUT2D eigenvalue weighted by Gasteiger charge is -2.35. The van der Waals surface area contributed by atoms with E-state index in [-0.39, 0.29) is 24.9 Å². The van der Waals surface area contributed by atoms with Crippen molar-refractivity contribution in [2.45, 2.75) is 57.2 Å². The summed E-state index contributed by atoms with van der Waals surface area (Å²) in [6.45, 7) is -0.449. The van der Waals surface area contributed by atoms with Crippen molar-refractivity contribution in [1.82, 2.24) is 14.5 Å². The van der Waals surface area contributed by atoms with Crippen molar-refractivity contribution in [2.75, 3.05) is 24.9 Å². The quantitative estimate of drug-likeness (QED) is 0.311. The number of rotatable bonds is 12. The molecule has 1 aliphatic carbocycles. The Kier molecular flexibility index (Phi) is 11.0. The van der Waals surface area contributed by atoms with Gasteiger partial charge in [0.1, 0.15) is 12.6 Å². The number of anilines is 1. The van der Waals surface area contributed by atoms with E-state index in [0.717, 1.165) is 46.3 Å². The lowest BCUT2D eigenvalue weighted by molar-refractivity contribution is -0.140. The van der Waals surface area contributed by atoms with Gasteiger partial charge in [-0.1, -0.05) is 97.6 Å². The van der Waals surface area contributed by atoms with Crippen molar-refractivity contribution in [2.24, 2.45) is 0 Å². The Hall–Kier alpha value is -3.40. The van der Waals surface area contributed by atoms with Crippen LogP contribution in [0.15, 0.2) is 84.9 Å². The predicted octanol–water partition coefficient (Wildman–Crippen LogP) is 5.04. The summed E-state index contributed by atoms with van der Waals surface area (Å²) in [7, 11) is -1.19. The van der Waals surface area contributed by atoms with Gasteiger partial charge >= 0.3 is 10.2 Å². The fourth-order valence-electron chi connectivity index (χ4n) is 5.22. The molecule has 0 aromatic heterocycles. The second kappa shape index (κ2) is 14.7. The minimum Gasteiger partial charge on any atom is -0.352 e. The van der Waals surface area contributed by atoms with Gasteiger partial charge in [-0.05, 0) is 42.2 Å². The van der Waals surface area contributed by atoms with Crippen molar-refractivity contribution >= 4 is 39.3 Å². The predicted molar refractivity (Wildman–Crippen MR) is 167 cm³/mol. The van der Waals surface area contributed by atoms with Gasteiger partial charge in [-0.25, -0.2) is 4.31 Å². The molecule has 4 rings (SSSR count). The first kappa shape index (κ1) is 31.5. The number of carbonyl (C=O) groups is 2. The van der Waals surface area contributed by atoms with Crippen LogP contribution < -0.4 is 9.62 Å². The Morgan fingerprint density at radius 3 is 2.10 bits per heavy atom. The second-order valence-electron chi connectivity index (χ2n) is 10.8. The van der Waals surface area contributed by atoms with E-state index in [9.17, 15) is 18.0 Å². The number of amides is 2. The molecular formula is C32H39ClN4O4S. The van der Waals surface area contributed by atoms with Gasteiger partial charge in [0, 0.05) is 38.1 Å². The highest BCUT2D eigenvalue weighted by Crippen LogP contribution is 2.24. The van der Waals surface area contributed by atoms with Gasteiger partial charge < -0.3 is 10.2 Å². The third kappa shape index (κ3) is 8.12. The standard InChI is InChI=1S/C32H39ClN4O4S/c1-35(2)42(40,41)37(28-19-10-5-11-20-28)24-31(38)36(23-26-16-12-13-21-29(26)33)30(22-25-14-6-3-7-15-25)32(39)34-27-17-8-4-9-18-27/h3,5-7,10-16,19-21,27,30H,4,8-9,17-18,22-24H2,1-2H3,(H,34,39). The van der Waals surface area contributed by atoms with Gasteiger partial charge in [0.05, 0.1) is 5.69 Å². The number of carbonyl (C=O) groups excluding carboxylic acids is 2. The summed E-state index contributed by atoms with van der Waals surface area (Å²) >= 11 is 6.54. The van der Waals surface area contributed by atoms with Crippen molar-refractivity contribution in [3.8, 4) is 0 Å². The van der Waals surface area contributed by atoms with E-state index < -0.39 is 28.7 Å². The summed E-state index contributed by atoms with van der Waals surface area (Å²) in [5.74, 6) is -0.767. The highest BCUT2D eigenvalue weighted by Gasteiger charge is 2.35. The molecule has 0 radical (unpaired) electrons. The summed E-state index contributed by atoms with van der Waals surface area (Å²) in [6, 6.07) is 24.4. The molecular weight excluding hydrogens is 572 g/mol. The van der Waals surface area contributed by atoms with Crippen LogP contribution in [0.2, 0.25) is 5.02 Å². The molecule has 42 heavy (non-hydrogen) atoms. The average Bonchev–Trinajstić information content (AvgIpc) is 2.99. The van der Waals surface area contributed by atoms with Crippen molar-refractivity contribution in [3.63, 3.8) is 0 Å². The molecule has 10 heteroatoms. The van der Waals surface area contributed by atoms with Crippen LogP contribution in [0.25, 0.3) is 0 Å². The molecule has 0 heterocycles. The fourth-order valence-corrected chi connectivity index (χ4v) is 6.47. The zero-order chi connectivity index (χ0) is 30.1. The van der Waals surface area contributed by atoms with E-state index in [0.29, 0.717) is 16.3 Å². The average molecular weight is 611 g/mol. The summed E-state index contributed by atoms with van der Waals surface area (Å²) in [5, 5.41) is 3.66. The molecule has 0 spiro atoms. The third-order valence-corrected chi connectivity index (χ3v) is 9.77. The van der Waals surface area contributed by atoms with Crippen molar-refractivity contribution in [3.05, 3.63) is 101 Å².